The molecule has 0 aliphatic heterocycles. The lowest BCUT2D eigenvalue weighted by Gasteiger charge is -2.29. The second-order valence-electron chi connectivity index (χ2n) is 5.84. The second-order valence-corrected chi connectivity index (χ2v) is 5.84. The molecule has 0 aromatic heterocycles. The average Bonchev–Trinajstić information content (AvgIpc) is 2.61. The van der Waals surface area contributed by atoms with Gasteiger partial charge in [-0.2, -0.15) is 0 Å². The normalized spacial score (nSPS) is 15.2. The van der Waals surface area contributed by atoms with Crippen molar-refractivity contribution in [2.24, 2.45) is 10.1 Å². The van der Waals surface area contributed by atoms with Gasteiger partial charge in [0.05, 0.1) is 5.71 Å². The number of ether oxygens (including phenoxy) is 1. The number of nitrogens with zero attached hydrogens (tertiary/aromatic N) is 4. The number of aliphatic imine (C=N–C) groups is 1. The van der Waals surface area contributed by atoms with Gasteiger partial charge in [-0.15, -0.1) is 0 Å². The summed E-state index contributed by atoms with van der Waals surface area (Å²) < 4.78 is 5.15. The topological polar surface area (TPSA) is 93.7 Å². The van der Waals surface area contributed by atoms with Crippen LogP contribution in [-0.4, -0.2) is 73.3 Å². The average molecular weight is 367 g/mol. The Balaban J connectivity index is 4.82. The highest BCUT2D eigenvalue weighted by atomic mass is 16.6. The van der Waals surface area contributed by atoms with Crippen LogP contribution in [-0.2, 0) is 9.57 Å². The molecule has 0 spiro atoms. The minimum Gasteiger partial charge on any atom is -0.362 e. The van der Waals surface area contributed by atoms with E-state index in [0.717, 1.165) is 6.42 Å². The first kappa shape index (κ1) is 24.0. The van der Waals surface area contributed by atoms with Crippen molar-refractivity contribution in [2.45, 2.75) is 46.6 Å². The minimum absolute atomic E-state index is 0.127. The zero-order valence-electron chi connectivity index (χ0n) is 16.8. The number of hydrogen-bond donors (Lipinski definition) is 2. The highest BCUT2D eigenvalue weighted by molar-refractivity contribution is 6.02. The smallest absolute Gasteiger partial charge is 0.215 e. The van der Waals surface area contributed by atoms with Crippen molar-refractivity contribution < 1.29 is 14.7 Å². The molecule has 2 N–H and O–H groups in total. The predicted molar refractivity (Wildman–Crippen MR) is 106 cm³/mol. The molecule has 0 rings (SSSR count). The molecule has 0 aromatic carbocycles. The summed E-state index contributed by atoms with van der Waals surface area (Å²) in [7, 11) is 3.70. The van der Waals surface area contributed by atoms with Crippen LogP contribution in [0.25, 0.3) is 0 Å². The number of rotatable bonds is 13. The number of oxime groups is 1. The molecule has 148 valence electrons. The Morgan fingerprint density at radius 3 is 2.54 bits per heavy atom. The third kappa shape index (κ3) is 9.45. The van der Waals surface area contributed by atoms with E-state index in [1.165, 1.54) is 6.21 Å². The summed E-state index contributed by atoms with van der Waals surface area (Å²) in [6.45, 7) is 12.1. The molecule has 0 amide bonds. The van der Waals surface area contributed by atoms with E-state index in [9.17, 15) is 5.11 Å². The van der Waals surface area contributed by atoms with Crippen molar-refractivity contribution in [1.82, 2.24) is 9.80 Å². The summed E-state index contributed by atoms with van der Waals surface area (Å²) in [4.78, 5) is 12.7. The lowest BCUT2D eigenvalue weighted by molar-refractivity contribution is -0.182. The fourth-order valence-corrected chi connectivity index (χ4v) is 2.02. The molecule has 0 saturated carbocycles. The molecule has 0 radical (unpaired) electrons. The van der Waals surface area contributed by atoms with Crippen LogP contribution in [0.5, 0.6) is 0 Å². The van der Waals surface area contributed by atoms with E-state index >= 15 is 0 Å². The van der Waals surface area contributed by atoms with E-state index in [4.69, 9.17) is 15.0 Å². The summed E-state index contributed by atoms with van der Waals surface area (Å²) in [5, 5.41) is 21.5. The van der Waals surface area contributed by atoms with Gasteiger partial charge >= 0.3 is 0 Å². The van der Waals surface area contributed by atoms with Crippen molar-refractivity contribution >= 4 is 18.6 Å². The molecule has 2 unspecified atom stereocenters. The first-order chi connectivity index (χ1) is 12.3. The first-order valence-corrected chi connectivity index (χ1v) is 8.59. The predicted octanol–water partition coefficient (Wildman–Crippen LogP) is 2.43. The van der Waals surface area contributed by atoms with Gasteiger partial charge in [-0.3, -0.25) is 4.90 Å². The number of allylic oxidation sites excluding steroid dienone is 3. The van der Waals surface area contributed by atoms with Crippen LogP contribution in [0.2, 0.25) is 0 Å². The number of nitrogens with one attached hydrogen (secondary N) is 1. The van der Waals surface area contributed by atoms with Gasteiger partial charge in [0, 0.05) is 44.6 Å². The van der Waals surface area contributed by atoms with Gasteiger partial charge in [-0.05, 0) is 47.9 Å². The van der Waals surface area contributed by atoms with Crippen molar-refractivity contribution in [3.05, 3.63) is 23.7 Å². The fourth-order valence-electron chi connectivity index (χ4n) is 2.02. The maximum absolute atomic E-state index is 9.78. The summed E-state index contributed by atoms with van der Waals surface area (Å²) in [5.41, 5.74) is 0.235. The van der Waals surface area contributed by atoms with E-state index < -0.39 is 6.41 Å². The summed E-state index contributed by atoms with van der Waals surface area (Å²) >= 11 is 0. The van der Waals surface area contributed by atoms with Crippen LogP contribution in [0.3, 0.4) is 0 Å². The molecular formula is C18H33N5O3. The molecule has 0 heterocycles. The summed E-state index contributed by atoms with van der Waals surface area (Å²) in [5.74, 6) is 1.09. The van der Waals surface area contributed by atoms with Crippen LogP contribution in [0.1, 0.15) is 34.1 Å². The minimum atomic E-state index is -0.905. The molecule has 0 aliphatic carbocycles. The molecule has 2 atom stereocenters. The Labute approximate surface area is 157 Å². The molecule has 0 bridgehead atoms. The van der Waals surface area contributed by atoms with E-state index in [-0.39, 0.29) is 11.8 Å². The van der Waals surface area contributed by atoms with Crippen molar-refractivity contribution in [1.29, 1.82) is 5.41 Å². The summed E-state index contributed by atoms with van der Waals surface area (Å²) in [6, 6.07) is 0.127. The Kier molecular flexibility index (Phi) is 12.2. The van der Waals surface area contributed by atoms with E-state index in [1.807, 2.05) is 25.8 Å². The maximum Gasteiger partial charge on any atom is 0.215 e. The lowest BCUT2D eigenvalue weighted by atomic mass is 10.2. The Hall–Kier alpha value is -2.03. The largest absolute Gasteiger partial charge is 0.362 e. The van der Waals surface area contributed by atoms with Gasteiger partial charge in [-0.25, -0.2) is 4.99 Å². The van der Waals surface area contributed by atoms with Crippen molar-refractivity contribution in [3.8, 4) is 0 Å². The molecule has 26 heavy (non-hydrogen) atoms. The van der Waals surface area contributed by atoms with Crippen LogP contribution in [0.15, 0.2) is 33.9 Å². The zero-order chi connectivity index (χ0) is 20.1. The number of hydrogen-bond acceptors (Lipinski definition) is 8. The first-order valence-electron chi connectivity index (χ1n) is 8.59. The van der Waals surface area contributed by atoms with Crippen molar-refractivity contribution in [2.75, 3.05) is 27.2 Å². The summed E-state index contributed by atoms with van der Waals surface area (Å²) in [6.07, 6.45) is 4.58. The third-order valence-corrected chi connectivity index (χ3v) is 3.72. The van der Waals surface area contributed by atoms with Crippen LogP contribution >= 0.6 is 0 Å². The van der Waals surface area contributed by atoms with E-state index in [1.54, 1.807) is 37.9 Å². The standard InChI is InChI=1S/C18H33N5O3/c1-8-21-26-15(4)12-16(19)13-17(20-5)23(7)14(3)10-11-22(6)18(24)25-9-2/h8,12-14,18-19,24H,5,9-11H2,1-4,6-7H3/b15-12+,17-13+,19-16?,21-8+. The number of aliphatic hydroxyl groups is 1. The molecule has 0 aliphatic rings. The molecule has 8 heteroatoms. The highest BCUT2D eigenvalue weighted by Gasteiger charge is 2.16. The van der Waals surface area contributed by atoms with Crippen molar-refractivity contribution in [3.63, 3.8) is 0 Å². The second kappa shape index (κ2) is 13.2. The van der Waals surface area contributed by atoms with E-state index in [2.05, 4.69) is 16.9 Å². The van der Waals surface area contributed by atoms with Crippen LogP contribution in [0.4, 0.5) is 0 Å². The van der Waals surface area contributed by atoms with Gasteiger partial charge < -0.3 is 25.0 Å². The van der Waals surface area contributed by atoms with Gasteiger partial charge in [0.15, 0.2) is 0 Å². The maximum atomic E-state index is 9.78. The van der Waals surface area contributed by atoms with Gasteiger partial charge in [0.25, 0.3) is 0 Å². The molecular weight excluding hydrogens is 334 g/mol. The van der Waals surface area contributed by atoms with Gasteiger partial charge in [-0.1, -0.05) is 5.16 Å². The quantitative estimate of drug-likeness (QED) is 0.226. The van der Waals surface area contributed by atoms with Crippen LogP contribution in [0, 0.1) is 5.41 Å². The van der Waals surface area contributed by atoms with Crippen LogP contribution < -0.4 is 0 Å². The fraction of sp³-hybridized carbons (Fsp3) is 0.611. The van der Waals surface area contributed by atoms with E-state index in [0.29, 0.717) is 24.7 Å². The highest BCUT2D eigenvalue weighted by Crippen LogP contribution is 2.12. The molecule has 8 nitrogen and oxygen atoms in total. The SMILES string of the molecule is C=N/C(=C\C(=N)/C=C(\C)O/N=C/C)N(C)C(C)CCN(C)C(O)OCC. The molecule has 0 fully saturated rings. The van der Waals surface area contributed by atoms with Gasteiger partial charge in [0.1, 0.15) is 11.6 Å². The Morgan fingerprint density at radius 1 is 1.35 bits per heavy atom. The molecule has 0 aromatic rings. The monoisotopic (exact) mass is 367 g/mol. The zero-order valence-corrected chi connectivity index (χ0v) is 16.8. The Morgan fingerprint density at radius 2 is 2.00 bits per heavy atom. The van der Waals surface area contributed by atoms with Gasteiger partial charge in [0.2, 0.25) is 6.41 Å². The lowest BCUT2D eigenvalue weighted by Crippen LogP contribution is -2.38. The Bertz CT molecular complexity index is 531. The molecule has 0 saturated heterocycles. The third-order valence-electron chi connectivity index (χ3n) is 3.72. The number of aliphatic hydroxyl groups excluding tert-OH is 1.